The number of nitrogens with zero attached hydrogens (tertiary/aromatic N) is 1. The summed E-state index contributed by atoms with van der Waals surface area (Å²) >= 11 is 8.44. The zero-order valence-electron chi connectivity index (χ0n) is 8.47. The molecule has 1 aromatic rings. The van der Waals surface area contributed by atoms with E-state index in [4.69, 9.17) is 0 Å². The third-order valence-electron chi connectivity index (χ3n) is 2.13. The van der Waals surface area contributed by atoms with Crippen molar-refractivity contribution in [3.8, 4) is 0 Å². The van der Waals surface area contributed by atoms with Crippen LogP contribution >= 0.6 is 25.3 Å². The van der Waals surface area contributed by atoms with Gasteiger partial charge in [-0.15, -0.1) is 0 Å². The van der Waals surface area contributed by atoms with Crippen molar-refractivity contribution in [3.05, 3.63) is 29.8 Å². The van der Waals surface area contributed by atoms with E-state index >= 15 is 0 Å². The topological polar surface area (TPSA) is 20.3 Å². The minimum absolute atomic E-state index is 0.704. The zero-order valence-corrected chi connectivity index (χ0v) is 10.3. The van der Waals surface area contributed by atoms with Gasteiger partial charge in [0.1, 0.15) is 6.29 Å². The van der Waals surface area contributed by atoms with Crippen molar-refractivity contribution < 1.29 is 4.79 Å². The van der Waals surface area contributed by atoms with Gasteiger partial charge in [-0.05, 0) is 24.3 Å². The molecule has 0 aromatic heterocycles. The largest absolute Gasteiger partial charge is 0.370 e. The van der Waals surface area contributed by atoms with Crippen LogP contribution < -0.4 is 4.90 Å². The van der Waals surface area contributed by atoms with Gasteiger partial charge in [-0.1, -0.05) is 0 Å². The van der Waals surface area contributed by atoms with E-state index in [0.717, 1.165) is 36.6 Å². The second-order valence-electron chi connectivity index (χ2n) is 3.14. The fourth-order valence-electron chi connectivity index (χ4n) is 1.38. The predicted octanol–water partition coefficient (Wildman–Crippen LogP) is 2.17. The van der Waals surface area contributed by atoms with Gasteiger partial charge in [0.15, 0.2) is 0 Å². The van der Waals surface area contributed by atoms with Gasteiger partial charge < -0.3 is 4.90 Å². The number of carbonyl (C=O) groups is 1. The number of thiol groups is 2. The van der Waals surface area contributed by atoms with E-state index in [1.807, 2.05) is 24.3 Å². The molecule has 0 aliphatic carbocycles. The van der Waals surface area contributed by atoms with Crippen molar-refractivity contribution in [1.82, 2.24) is 0 Å². The molecule has 0 aliphatic rings. The van der Waals surface area contributed by atoms with Crippen molar-refractivity contribution in [2.75, 3.05) is 29.5 Å². The Labute approximate surface area is 101 Å². The fourth-order valence-corrected chi connectivity index (χ4v) is 1.86. The van der Waals surface area contributed by atoms with Gasteiger partial charge in [-0.2, -0.15) is 25.3 Å². The molecule has 1 aromatic carbocycles. The lowest BCUT2D eigenvalue weighted by molar-refractivity contribution is 0.112. The first kappa shape index (κ1) is 12.5. The van der Waals surface area contributed by atoms with E-state index in [1.165, 1.54) is 0 Å². The Morgan fingerprint density at radius 2 is 1.60 bits per heavy atom. The molecule has 0 spiro atoms. The van der Waals surface area contributed by atoms with Crippen LogP contribution in [-0.4, -0.2) is 30.9 Å². The summed E-state index contributed by atoms with van der Waals surface area (Å²) in [4.78, 5) is 12.7. The van der Waals surface area contributed by atoms with E-state index in [0.29, 0.717) is 5.56 Å². The lowest BCUT2D eigenvalue weighted by atomic mass is 10.2. The molecule has 0 aliphatic heterocycles. The second-order valence-corrected chi connectivity index (χ2v) is 4.04. The minimum atomic E-state index is 0.704. The van der Waals surface area contributed by atoms with E-state index < -0.39 is 0 Å². The van der Waals surface area contributed by atoms with Gasteiger partial charge >= 0.3 is 0 Å². The normalized spacial score (nSPS) is 10.0. The van der Waals surface area contributed by atoms with E-state index in [2.05, 4.69) is 30.2 Å². The Bertz CT molecular complexity index is 294. The van der Waals surface area contributed by atoms with Crippen LogP contribution in [0, 0.1) is 0 Å². The monoisotopic (exact) mass is 241 g/mol. The molecule has 0 amide bonds. The van der Waals surface area contributed by atoms with Crippen LogP contribution in [0.2, 0.25) is 0 Å². The lowest BCUT2D eigenvalue weighted by Crippen LogP contribution is -2.27. The van der Waals surface area contributed by atoms with Gasteiger partial charge in [0, 0.05) is 35.8 Å². The molecule has 0 atom stereocenters. The number of hydrogen-bond donors (Lipinski definition) is 2. The summed E-state index contributed by atoms with van der Waals surface area (Å²) in [5.41, 5.74) is 1.82. The van der Waals surface area contributed by atoms with E-state index in [9.17, 15) is 4.79 Å². The van der Waals surface area contributed by atoms with Crippen molar-refractivity contribution in [1.29, 1.82) is 0 Å². The Morgan fingerprint density at radius 3 is 2.00 bits per heavy atom. The molecular weight excluding hydrogens is 226 g/mol. The summed E-state index contributed by atoms with van der Waals surface area (Å²) in [6.07, 6.45) is 0.853. The van der Waals surface area contributed by atoms with Gasteiger partial charge in [0.25, 0.3) is 0 Å². The Morgan fingerprint density at radius 1 is 1.07 bits per heavy atom. The molecule has 82 valence electrons. The average molecular weight is 241 g/mol. The maximum Gasteiger partial charge on any atom is 0.150 e. The van der Waals surface area contributed by atoms with Crippen LogP contribution in [0.5, 0.6) is 0 Å². The quantitative estimate of drug-likeness (QED) is 0.588. The van der Waals surface area contributed by atoms with Crippen LogP contribution in [0.25, 0.3) is 0 Å². The number of benzene rings is 1. The molecule has 0 bridgehead atoms. The van der Waals surface area contributed by atoms with Crippen LogP contribution in [0.15, 0.2) is 24.3 Å². The standard InChI is InChI=1S/C11H15NOS2/c13-9-10-1-3-11(4-2-10)12(5-7-14)6-8-15/h1-4,9,14-15H,5-8H2. The number of anilines is 1. The molecular formula is C11H15NOS2. The molecule has 0 unspecified atom stereocenters. The van der Waals surface area contributed by atoms with Gasteiger partial charge in [0.2, 0.25) is 0 Å². The highest BCUT2D eigenvalue weighted by Crippen LogP contribution is 2.14. The predicted molar refractivity (Wildman–Crippen MR) is 71.7 cm³/mol. The second kappa shape index (κ2) is 6.80. The number of rotatable bonds is 6. The SMILES string of the molecule is O=Cc1ccc(N(CCS)CCS)cc1. The molecule has 0 fully saturated rings. The third kappa shape index (κ3) is 3.80. The molecule has 0 heterocycles. The molecule has 0 saturated carbocycles. The highest BCUT2D eigenvalue weighted by atomic mass is 32.1. The first-order valence-electron chi connectivity index (χ1n) is 4.83. The molecule has 0 N–H and O–H groups in total. The summed E-state index contributed by atoms with van der Waals surface area (Å²) in [7, 11) is 0. The Balaban J connectivity index is 2.76. The molecule has 4 heteroatoms. The van der Waals surface area contributed by atoms with Crippen LogP contribution in [0.4, 0.5) is 5.69 Å². The van der Waals surface area contributed by atoms with Gasteiger partial charge in [-0.3, -0.25) is 4.79 Å². The first-order valence-corrected chi connectivity index (χ1v) is 6.10. The van der Waals surface area contributed by atoms with Crippen molar-refractivity contribution in [3.63, 3.8) is 0 Å². The molecule has 15 heavy (non-hydrogen) atoms. The zero-order chi connectivity index (χ0) is 11.1. The highest BCUT2D eigenvalue weighted by molar-refractivity contribution is 7.80. The number of aldehydes is 1. The molecule has 0 saturated heterocycles. The van der Waals surface area contributed by atoms with E-state index in [-0.39, 0.29) is 0 Å². The van der Waals surface area contributed by atoms with Gasteiger partial charge in [-0.25, -0.2) is 0 Å². The van der Waals surface area contributed by atoms with Crippen LogP contribution in [0.1, 0.15) is 10.4 Å². The average Bonchev–Trinajstić information content (AvgIpc) is 2.29. The van der Waals surface area contributed by atoms with Crippen LogP contribution in [0.3, 0.4) is 0 Å². The molecule has 1 rings (SSSR count). The minimum Gasteiger partial charge on any atom is -0.370 e. The maximum atomic E-state index is 10.5. The fraction of sp³-hybridized carbons (Fsp3) is 0.364. The lowest BCUT2D eigenvalue weighted by Gasteiger charge is -2.23. The van der Waals surface area contributed by atoms with Crippen molar-refractivity contribution in [2.24, 2.45) is 0 Å². The maximum absolute atomic E-state index is 10.5. The van der Waals surface area contributed by atoms with Crippen molar-refractivity contribution >= 4 is 37.2 Å². The van der Waals surface area contributed by atoms with Crippen LogP contribution in [-0.2, 0) is 0 Å². The number of hydrogen-bond acceptors (Lipinski definition) is 4. The highest BCUT2D eigenvalue weighted by Gasteiger charge is 2.03. The Kier molecular flexibility index (Phi) is 5.65. The van der Waals surface area contributed by atoms with E-state index in [1.54, 1.807) is 0 Å². The smallest absolute Gasteiger partial charge is 0.150 e. The first-order chi connectivity index (χ1) is 7.31. The van der Waals surface area contributed by atoms with Gasteiger partial charge in [0.05, 0.1) is 0 Å². The summed E-state index contributed by atoms with van der Waals surface area (Å²) in [5, 5.41) is 0. The van der Waals surface area contributed by atoms with Crippen molar-refractivity contribution in [2.45, 2.75) is 0 Å². The molecule has 0 radical (unpaired) electrons. The summed E-state index contributed by atoms with van der Waals surface area (Å²) in [5.74, 6) is 1.62. The summed E-state index contributed by atoms with van der Waals surface area (Å²) < 4.78 is 0. The Hall–Kier alpha value is -0.610. The number of carbonyl (C=O) groups excluding carboxylic acids is 1. The molecule has 2 nitrogen and oxygen atoms in total. The third-order valence-corrected chi connectivity index (χ3v) is 2.53. The summed E-state index contributed by atoms with van der Waals surface area (Å²) in [6.45, 7) is 1.79. The summed E-state index contributed by atoms with van der Waals surface area (Å²) in [6, 6.07) is 7.56.